The van der Waals surface area contributed by atoms with Crippen molar-refractivity contribution in [2.45, 2.75) is 0 Å². The molecule has 1 heteroatoms. The minimum Gasteiger partial charge on any atom is -0.310 e. The smallest absolute Gasteiger partial charge is 0.0645 e. The summed E-state index contributed by atoms with van der Waals surface area (Å²) in [6.07, 6.45) is 0. The Kier molecular flexibility index (Phi) is 6.57. The van der Waals surface area contributed by atoms with Crippen LogP contribution in [0.5, 0.6) is 0 Å². The third-order valence-electron chi connectivity index (χ3n) is 9.43. The van der Waals surface area contributed by atoms with E-state index in [-0.39, 0.29) is 46.7 Å². The molecule has 0 unspecified atom stereocenters. The molecule has 9 rings (SSSR count). The Labute approximate surface area is 323 Å². The van der Waals surface area contributed by atoms with Crippen LogP contribution < -0.4 is 4.90 Å². The van der Waals surface area contributed by atoms with Crippen LogP contribution in [0.3, 0.4) is 0 Å². The Hall–Kier alpha value is -6.96. The lowest BCUT2D eigenvalue weighted by Gasteiger charge is -2.28. The van der Waals surface area contributed by atoms with Crippen LogP contribution in [0.15, 0.2) is 224 Å². The van der Waals surface area contributed by atoms with E-state index in [0.29, 0.717) is 22.4 Å². The van der Waals surface area contributed by atoms with Crippen LogP contribution in [0.4, 0.5) is 17.1 Å². The molecule has 0 aliphatic heterocycles. The highest BCUT2D eigenvalue weighted by molar-refractivity contribution is 5.97. The molecule has 0 bridgehead atoms. The standard InChI is InChI=1S/C52H37N/c1-3-13-38(14-4-1)40-25-27-44(28-26-40)51-22-9-10-24-52(51)53(47-33-29-41(30-34-47)39-15-5-2-6-16-39)48-35-31-42(32-36-48)45-19-11-20-46(37-45)50-23-12-18-43-17-7-8-21-49(43)50/h1-37H/i29D,30D,31D,32D,33D,34D,35D,36D. The van der Waals surface area contributed by atoms with Crippen molar-refractivity contribution in [3.05, 3.63) is 224 Å². The summed E-state index contributed by atoms with van der Waals surface area (Å²) in [5, 5.41) is 2.11. The second-order valence-electron chi connectivity index (χ2n) is 12.7. The predicted molar refractivity (Wildman–Crippen MR) is 226 cm³/mol. The lowest BCUT2D eigenvalue weighted by Crippen LogP contribution is -2.11. The molecule has 250 valence electrons. The molecule has 0 aliphatic rings. The maximum atomic E-state index is 9.65. The highest BCUT2D eigenvalue weighted by Gasteiger charge is 2.18. The van der Waals surface area contributed by atoms with Gasteiger partial charge in [-0.25, -0.2) is 0 Å². The third kappa shape index (κ3) is 6.53. The van der Waals surface area contributed by atoms with E-state index in [4.69, 9.17) is 0 Å². The molecule has 0 spiro atoms. The Morgan fingerprint density at radius 2 is 0.755 bits per heavy atom. The summed E-state index contributed by atoms with van der Waals surface area (Å²) in [5.41, 5.74) is 6.41. The highest BCUT2D eigenvalue weighted by Crippen LogP contribution is 2.42. The number of para-hydroxylation sites is 1. The van der Waals surface area contributed by atoms with Crippen LogP contribution in [-0.2, 0) is 0 Å². The lowest BCUT2D eigenvalue weighted by atomic mass is 9.95. The highest BCUT2D eigenvalue weighted by atomic mass is 15.1. The number of fused-ring (bicyclic) bond motifs is 1. The van der Waals surface area contributed by atoms with E-state index < -0.39 is 24.2 Å². The maximum Gasteiger partial charge on any atom is 0.0645 e. The van der Waals surface area contributed by atoms with Crippen LogP contribution in [0.25, 0.3) is 66.4 Å². The van der Waals surface area contributed by atoms with Gasteiger partial charge in [0.1, 0.15) is 0 Å². The number of hydrogen-bond donors (Lipinski definition) is 0. The summed E-state index contributed by atoms with van der Waals surface area (Å²) in [6.45, 7) is 0. The third-order valence-corrected chi connectivity index (χ3v) is 9.43. The summed E-state index contributed by atoms with van der Waals surface area (Å²) >= 11 is 0. The Balaban J connectivity index is 1.27. The monoisotopic (exact) mass is 683 g/mol. The second-order valence-corrected chi connectivity index (χ2v) is 12.7. The molecule has 0 N–H and O–H groups in total. The van der Waals surface area contributed by atoms with Gasteiger partial charge in [-0.15, -0.1) is 0 Å². The normalized spacial score (nSPS) is 13.1. The van der Waals surface area contributed by atoms with E-state index in [1.165, 1.54) is 4.90 Å². The minimum atomic E-state index is -0.398. The average molecular weight is 684 g/mol. The van der Waals surface area contributed by atoms with Crippen molar-refractivity contribution < 1.29 is 11.0 Å². The van der Waals surface area contributed by atoms with Crippen molar-refractivity contribution in [1.29, 1.82) is 0 Å². The summed E-state index contributed by atoms with van der Waals surface area (Å²) in [5.74, 6) is 0. The lowest BCUT2D eigenvalue weighted by molar-refractivity contribution is 1.28. The molecule has 1 nitrogen and oxygen atoms in total. The molecule has 0 saturated carbocycles. The first-order valence-corrected chi connectivity index (χ1v) is 17.5. The van der Waals surface area contributed by atoms with Gasteiger partial charge in [0.15, 0.2) is 0 Å². The molecule has 0 saturated heterocycles. The first-order valence-electron chi connectivity index (χ1n) is 21.5. The number of anilines is 3. The number of benzene rings is 9. The Morgan fingerprint density at radius 1 is 0.302 bits per heavy atom. The largest absolute Gasteiger partial charge is 0.310 e. The van der Waals surface area contributed by atoms with Crippen molar-refractivity contribution in [3.8, 4) is 55.6 Å². The average Bonchev–Trinajstić information content (AvgIpc) is 3.30. The van der Waals surface area contributed by atoms with Crippen LogP contribution in [-0.4, -0.2) is 0 Å². The molecule has 0 aliphatic carbocycles. The minimum absolute atomic E-state index is 0.101. The molecule has 0 fully saturated rings. The molecule has 0 amide bonds. The fourth-order valence-electron chi connectivity index (χ4n) is 6.79. The molecule has 9 aromatic carbocycles. The van der Waals surface area contributed by atoms with Crippen LogP contribution in [0, 0.1) is 0 Å². The molecule has 0 heterocycles. The fourth-order valence-corrected chi connectivity index (χ4v) is 6.79. The first-order chi connectivity index (χ1) is 29.6. The molecular weight excluding hydrogens is 639 g/mol. The van der Waals surface area contributed by atoms with E-state index in [1.807, 2.05) is 133 Å². The summed E-state index contributed by atoms with van der Waals surface area (Å²) < 4.78 is 75.8. The number of nitrogens with zero attached hydrogens (tertiary/aromatic N) is 1. The Bertz CT molecular complexity index is 3050. The summed E-state index contributed by atoms with van der Waals surface area (Å²) in [4.78, 5) is 1.38. The molecular formula is C52H37N. The molecule has 0 atom stereocenters. The van der Waals surface area contributed by atoms with Crippen LogP contribution in [0.2, 0.25) is 0 Å². The van der Waals surface area contributed by atoms with E-state index in [0.717, 1.165) is 38.6 Å². The van der Waals surface area contributed by atoms with Gasteiger partial charge in [-0.05, 0) is 97.1 Å². The first kappa shape index (κ1) is 24.3. The van der Waals surface area contributed by atoms with Gasteiger partial charge in [-0.3, -0.25) is 0 Å². The quantitative estimate of drug-likeness (QED) is 0.154. The van der Waals surface area contributed by atoms with E-state index in [2.05, 4.69) is 0 Å². The van der Waals surface area contributed by atoms with Crippen molar-refractivity contribution in [2.75, 3.05) is 4.90 Å². The molecule has 0 aromatic heterocycles. The van der Waals surface area contributed by atoms with Gasteiger partial charge in [-0.2, -0.15) is 0 Å². The summed E-state index contributed by atoms with van der Waals surface area (Å²) in [6, 6.07) is 52.6. The zero-order valence-corrected chi connectivity index (χ0v) is 28.7. The van der Waals surface area contributed by atoms with Gasteiger partial charge in [-0.1, -0.05) is 188 Å². The maximum absolute atomic E-state index is 9.65. The van der Waals surface area contributed by atoms with E-state index in [1.54, 1.807) is 42.5 Å². The van der Waals surface area contributed by atoms with Gasteiger partial charge in [0, 0.05) is 16.9 Å². The predicted octanol–water partition coefficient (Wildman–Crippen LogP) is 14.6. The van der Waals surface area contributed by atoms with Gasteiger partial charge < -0.3 is 4.90 Å². The van der Waals surface area contributed by atoms with Gasteiger partial charge in [0.2, 0.25) is 0 Å². The summed E-state index contributed by atoms with van der Waals surface area (Å²) in [7, 11) is 0. The second kappa shape index (κ2) is 14.3. The van der Waals surface area contributed by atoms with Crippen molar-refractivity contribution >= 4 is 27.8 Å². The van der Waals surface area contributed by atoms with E-state index in [9.17, 15) is 11.0 Å². The molecule has 0 radical (unpaired) electrons. The van der Waals surface area contributed by atoms with Crippen molar-refractivity contribution in [2.24, 2.45) is 0 Å². The van der Waals surface area contributed by atoms with Crippen LogP contribution >= 0.6 is 0 Å². The van der Waals surface area contributed by atoms with E-state index >= 15 is 0 Å². The number of rotatable bonds is 8. The topological polar surface area (TPSA) is 3.24 Å². The zero-order chi connectivity index (χ0) is 42.4. The van der Waals surface area contributed by atoms with Crippen molar-refractivity contribution in [1.82, 2.24) is 0 Å². The molecule has 9 aromatic rings. The molecule has 53 heavy (non-hydrogen) atoms. The van der Waals surface area contributed by atoms with Crippen LogP contribution in [0.1, 0.15) is 11.0 Å². The number of hydrogen-bond acceptors (Lipinski definition) is 1. The SMILES string of the molecule is [2H]c1c([2H])c(N(c2ccccc2-c2ccc(-c3ccccc3)cc2)c2c([2H])c([2H])c(-c3cccc(-c4cccc5ccccc45)c3)c([2H])c2[2H])c([2H])c([2H])c1-c1ccccc1. The van der Waals surface area contributed by atoms with Crippen molar-refractivity contribution in [3.63, 3.8) is 0 Å². The fraction of sp³-hybridized carbons (Fsp3) is 0. The zero-order valence-electron chi connectivity index (χ0n) is 36.7. The van der Waals surface area contributed by atoms with Gasteiger partial charge >= 0.3 is 0 Å². The van der Waals surface area contributed by atoms with Gasteiger partial charge in [0.05, 0.1) is 16.7 Å². The van der Waals surface area contributed by atoms with Gasteiger partial charge in [0.25, 0.3) is 0 Å². The Morgan fingerprint density at radius 3 is 1.45 bits per heavy atom.